The summed E-state index contributed by atoms with van der Waals surface area (Å²) in [4.78, 5) is 17.1. The van der Waals surface area contributed by atoms with Gasteiger partial charge in [-0.05, 0) is 67.1 Å². The maximum absolute atomic E-state index is 11.8. The molecule has 0 spiro atoms. The fourth-order valence-corrected chi connectivity index (χ4v) is 4.47. The Morgan fingerprint density at radius 2 is 2.26 bits per heavy atom. The molecule has 0 saturated heterocycles. The molecule has 2 aromatic rings. The highest BCUT2D eigenvalue weighted by molar-refractivity contribution is 9.10. The predicted octanol–water partition coefficient (Wildman–Crippen LogP) is 3.68. The first-order valence-electron chi connectivity index (χ1n) is 9.03. The van der Waals surface area contributed by atoms with Crippen molar-refractivity contribution in [2.45, 2.75) is 50.6 Å². The Morgan fingerprint density at radius 1 is 1.41 bits per heavy atom. The number of hydrogen-bond acceptors (Lipinski definition) is 7. The highest BCUT2D eigenvalue weighted by Gasteiger charge is 2.25. The zero-order chi connectivity index (χ0) is 19.2. The largest absolute Gasteiger partial charge is 0.477 e. The lowest BCUT2D eigenvalue weighted by atomic mass is 9.94. The quantitative estimate of drug-likeness (QED) is 0.481. The highest BCUT2D eigenvalue weighted by atomic mass is 79.9. The van der Waals surface area contributed by atoms with Gasteiger partial charge in [0.2, 0.25) is 5.88 Å². The van der Waals surface area contributed by atoms with E-state index < -0.39 is 0 Å². The van der Waals surface area contributed by atoms with Gasteiger partial charge >= 0.3 is 5.97 Å². The minimum absolute atomic E-state index is 0.165. The average molecular weight is 455 g/mol. The van der Waals surface area contributed by atoms with Gasteiger partial charge < -0.3 is 9.47 Å². The van der Waals surface area contributed by atoms with Crippen LogP contribution in [0, 0.1) is 0 Å². The lowest BCUT2D eigenvalue weighted by Crippen LogP contribution is -2.22. The van der Waals surface area contributed by atoms with Gasteiger partial charge in [0.1, 0.15) is 6.54 Å². The SMILES string of the molecule is CCOC(=O)Cn1ncc2c1CCCC2NSc1cnc(OCC)c(Br)c1. The standard InChI is InChI=1S/C18H23BrN4O3S/c1-3-25-17(24)11-23-16-7-5-6-15(13(16)10-21-23)22-27-12-8-14(19)18(20-9-12)26-4-2/h8-10,15,22H,3-7,11H2,1-2H3. The second-order valence-corrected chi connectivity index (χ2v) is 7.83. The van der Waals surface area contributed by atoms with Crippen LogP contribution in [-0.4, -0.2) is 33.9 Å². The van der Waals surface area contributed by atoms with Crippen molar-refractivity contribution >= 4 is 33.8 Å². The Morgan fingerprint density at radius 3 is 3.00 bits per heavy atom. The number of pyridine rings is 1. The molecule has 0 fully saturated rings. The van der Waals surface area contributed by atoms with Crippen molar-refractivity contribution < 1.29 is 14.3 Å². The number of aromatic nitrogens is 3. The second kappa shape index (κ2) is 9.57. The van der Waals surface area contributed by atoms with E-state index in [1.54, 1.807) is 10.9 Å². The van der Waals surface area contributed by atoms with Crippen molar-refractivity contribution in [2.24, 2.45) is 0 Å². The molecule has 0 radical (unpaired) electrons. The molecule has 0 aromatic carbocycles. The smallest absolute Gasteiger partial charge is 0.327 e. The molecule has 0 saturated carbocycles. The maximum Gasteiger partial charge on any atom is 0.327 e. The molecule has 0 bridgehead atoms. The van der Waals surface area contributed by atoms with Crippen LogP contribution in [0.3, 0.4) is 0 Å². The van der Waals surface area contributed by atoms with Crippen molar-refractivity contribution in [1.82, 2.24) is 19.5 Å². The third-order valence-corrected chi connectivity index (χ3v) is 5.66. The van der Waals surface area contributed by atoms with Crippen LogP contribution in [0.2, 0.25) is 0 Å². The van der Waals surface area contributed by atoms with Crippen LogP contribution in [0.4, 0.5) is 0 Å². The van der Waals surface area contributed by atoms with E-state index in [4.69, 9.17) is 9.47 Å². The van der Waals surface area contributed by atoms with Gasteiger partial charge in [-0.2, -0.15) is 5.10 Å². The Balaban J connectivity index is 1.65. The number of nitrogens with one attached hydrogen (secondary N) is 1. The van der Waals surface area contributed by atoms with E-state index in [1.165, 1.54) is 11.9 Å². The monoisotopic (exact) mass is 454 g/mol. The molecule has 7 nitrogen and oxygen atoms in total. The van der Waals surface area contributed by atoms with Crippen molar-refractivity contribution in [2.75, 3.05) is 13.2 Å². The summed E-state index contributed by atoms with van der Waals surface area (Å²) in [7, 11) is 0. The molecule has 3 rings (SSSR count). The van der Waals surface area contributed by atoms with E-state index >= 15 is 0 Å². The number of hydrogen-bond donors (Lipinski definition) is 1. The number of nitrogens with zero attached hydrogens (tertiary/aromatic N) is 3. The van der Waals surface area contributed by atoms with E-state index in [0.717, 1.165) is 39.9 Å². The summed E-state index contributed by atoms with van der Waals surface area (Å²) >= 11 is 5.03. The number of fused-ring (bicyclic) bond motifs is 1. The van der Waals surface area contributed by atoms with Gasteiger partial charge in [-0.15, -0.1) is 0 Å². The van der Waals surface area contributed by atoms with Crippen molar-refractivity contribution in [3.63, 3.8) is 0 Å². The normalized spacial score (nSPS) is 16.0. The van der Waals surface area contributed by atoms with Crippen LogP contribution in [0.5, 0.6) is 5.88 Å². The lowest BCUT2D eigenvalue weighted by molar-refractivity contribution is -0.144. The summed E-state index contributed by atoms with van der Waals surface area (Å²) < 4.78 is 16.6. The van der Waals surface area contributed by atoms with Gasteiger partial charge in [-0.25, -0.2) is 4.98 Å². The molecule has 0 aliphatic heterocycles. The van der Waals surface area contributed by atoms with Gasteiger partial charge in [-0.3, -0.25) is 14.2 Å². The summed E-state index contributed by atoms with van der Waals surface area (Å²) in [5.41, 5.74) is 2.26. The Hall–Kier alpha value is -1.58. The van der Waals surface area contributed by atoms with Crippen LogP contribution in [0.25, 0.3) is 0 Å². The Labute approximate surface area is 171 Å². The summed E-state index contributed by atoms with van der Waals surface area (Å²) in [5.74, 6) is 0.347. The average Bonchev–Trinajstić information content (AvgIpc) is 3.06. The van der Waals surface area contributed by atoms with E-state index in [9.17, 15) is 4.79 Å². The third-order valence-electron chi connectivity index (χ3n) is 4.23. The van der Waals surface area contributed by atoms with Crippen LogP contribution in [-0.2, 0) is 22.5 Å². The molecule has 146 valence electrons. The number of ether oxygens (including phenoxy) is 2. The van der Waals surface area contributed by atoms with Gasteiger partial charge in [0.25, 0.3) is 0 Å². The minimum atomic E-state index is -0.252. The molecule has 2 aromatic heterocycles. The van der Waals surface area contributed by atoms with Crippen LogP contribution >= 0.6 is 27.9 Å². The molecule has 2 heterocycles. The van der Waals surface area contributed by atoms with Gasteiger partial charge in [0.15, 0.2) is 0 Å². The highest BCUT2D eigenvalue weighted by Crippen LogP contribution is 2.33. The predicted molar refractivity (Wildman–Crippen MR) is 107 cm³/mol. The third kappa shape index (κ3) is 5.03. The number of halogens is 1. The molecule has 1 aliphatic rings. The first kappa shape index (κ1) is 20.2. The molecule has 1 aliphatic carbocycles. The molecule has 1 unspecified atom stereocenters. The van der Waals surface area contributed by atoms with Gasteiger partial charge in [0, 0.05) is 28.4 Å². The minimum Gasteiger partial charge on any atom is -0.477 e. The van der Waals surface area contributed by atoms with Gasteiger partial charge in [-0.1, -0.05) is 0 Å². The van der Waals surface area contributed by atoms with E-state index in [1.807, 2.05) is 26.1 Å². The summed E-state index contributed by atoms with van der Waals surface area (Å²) in [6, 6.07) is 2.17. The molecular weight excluding hydrogens is 432 g/mol. The molecule has 1 N–H and O–H groups in total. The maximum atomic E-state index is 11.8. The molecule has 1 atom stereocenters. The van der Waals surface area contributed by atoms with E-state index in [2.05, 4.69) is 30.7 Å². The summed E-state index contributed by atoms with van der Waals surface area (Å²) in [5, 5.41) is 4.40. The summed E-state index contributed by atoms with van der Waals surface area (Å²) in [6.45, 7) is 4.87. The topological polar surface area (TPSA) is 78.3 Å². The molecule has 9 heteroatoms. The fraction of sp³-hybridized carbons (Fsp3) is 0.500. The van der Waals surface area contributed by atoms with E-state index in [0.29, 0.717) is 19.1 Å². The fourth-order valence-electron chi connectivity index (χ4n) is 3.05. The first-order valence-corrected chi connectivity index (χ1v) is 10.6. The zero-order valence-corrected chi connectivity index (χ0v) is 17.8. The van der Waals surface area contributed by atoms with E-state index in [-0.39, 0.29) is 18.6 Å². The Bertz CT molecular complexity index is 799. The van der Waals surface area contributed by atoms with Gasteiger partial charge in [0.05, 0.1) is 23.9 Å². The molecule has 0 amide bonds. The number of carbonyl (C=O) groups is 1. The second-order valence-electron chi connectivity index (χ2n) is 6.07. The number of rotatable bonds is 8. The van der Waals surface area contributed by atoms with Crippen molar-refractivity contribution in [3.05, 3.63) is 34.2 Å². The first-order chi connectivity index (χ1) is 13.1. The zero-order valence-electron chi connectivity index (χ0n) is 15.4. The van der Waals surface area contributed by atoms with Crippen molar-refractivity contribution in [3.8, 4) is 5.88 Å². The van der Waals surface area contributed by atoms with Crippen LogP contribution in [0.1, 0.15) is 44.0 Å². The number of carbonyl (C=O) groups excluding carboxylic acids is 1. The number of esters is 1. The van der Waals surface area contributed by atoms with Crippen molar-refractivity contribution in [1.29, 1.82) is 0 Å². The Kier molecular flexibility index (Phi) is 7.14. The molecular formula is C18H23BrN4O3S. The summed E-state index contributed by atoms with van der Waals surface area (Å²) in [6.07, 6.45) is 6.65. The van der Waals surface area contributed by atoms with Crippen LogP contribution in [0.15, 0.2) is 27.8 Å². The lowest BCUT2D eigenvalue weighted by Gasteiger charge is -2.23. The van der Waals surface area contributed by atoms with Crippen LogP contribution < -0.4 is 9.46 Å². The molecule has 27 heavy (non-hydrogen) atoms.